The zero-order valence-corrected chi connectivity index (χ0v) is 11.3. The topological polar surface area (TPSA) is 64.0 Å². The summed E-state index contributed by atoms with van der Waals surface area (Å²) in [6, 6.07) is 0. The van der Waals surface area contributed by atoms with Crippen molar-refractivity contribution >= 4 is 9.84 Å². The monoisotopic (exact) mass is 259 g/mol. The van der Waals surface area contributed by atoms with E-state index in [0.717, 1.165) is 25.2 Å². The van der Waals surface area contributed by atoms with Gasteiger partial charge in [-0.2, -0.15) is 5.10 Å². The first-order valence-electron chi connectivity index (χ1n) is 5.93. The SMILES string of the molecule is CCS(=O)(=O)CCCNCCn1cc(C)cn1. The molecule has 0 aliphatic heterocycles. The molecular weight excluding hydrogens is 238 g/mol. The van der Waals surface area contributed by atoms with Crippen LogP contribution in [0.5, 0.6) is 0 Å². The molecule has 0 saturated heterocycles. The summed E-state index contributed by atoms with van der Waals surface area (Å²) in [5.41, 5.74) is 1.15. The molecule has 0 aliphatic rings. The molecule has 0 saturated carbocycles. The summed E-state index contributed by atoms with van der Waals surface area (Å²) in [6.45, 7) is 6.05. The van der Waals surface area contributed by atoms with E-state index < -0.39 is 9.84 Å². The van der Waals surface area contributed by atoms with Crippen LogP contribution in [0.1, 0.15) is 18.9 Å². The summed E-state index contributed by atoms with van der Waals surface area (Å²) in [5, 5.41) is 7.38. The van der Waals surface area contributed by atoms with Gasteiger partial charge in [0.05, 0.1) is 18.5 Å². The largest absolute Gasteiger partial charge is 0.315 e. The number of nitrogens with one attached hydrogen (secondary N) is 1. The van der Waals surface area contributed by atoms with Crippen LogP contribution >= 0.6 is 0 Å². The van der Waals surface area contributed by atoms with Crippen LogP contribution < -0.4 is 5.32 Å². The summed E-state index contributed by atoms with van der Waals surface area (Å²) in [7, 11) is -2.81. The van der Waals surface area contributed by atoms with Gasteiger partial charge in [-0.25, -0.2) is 8.42 Å². The van der Waals surface area contributed by atoms with Crippen molar-refractivity contribution in [1.29, 1.82) is 0 Å². The predicted molar refractivity (Wildman–Crippen MR) is 68.8 cm³/mol. The second-order valence-corrected chi connectivity index (χ2v) is 6.59. The van der Waals surface area contributed by atoms with Gasteiger partial charge < -0.3 is 5.32 Å². The van der Waals surface area contributed by atoms with Gasteiger partial charge in [-0.3, -0.25) is 4.68 Å². The third-order valence-corrected chi connectivity index (χ3v) is 4.32. The molecule has 0 atom stereocenters. The zero-order chi connectivity index (χ0) is 12.7. The van der Waals surface area contributed by atoms with Gasteiger partial charge in [-0.05, 0) is 25.5 Å². The van der Waals surface area contributed by atoms with Crippen molar-refractivity contribution in [2.45, 2.75) is 26.8 Å². The number of sulfone groups is 1. The van der Waals surface area contributed by atoms with Gasteiger partial charge >= 0.3 is 0 Å². The first-order chi connectivity index (χ1) is 8.03. The number of aryl methyl sites for hydroxylation is 1. The van der Waals surface area contributed by atoms with Crippen molar-refractivity contribution in [1.82, 2.24) is 15.1 Å². The van der Waals surface area contributed by atoms with Gasteiger partial charge in [0.1, 0.15) is 9.84 Å². The summed E-state index contributed by atoms with van der Waals surface area (Å²) in [6.07, 6.45) is 4.49. The van der Waals surface area contributed by atoms with Gasteiger partial charge in [0.25, 0.3) is 0 Å². The van der Waals surface area contributed by atoms with E-state index in [0.29, 0.717) is 6.42 Å². The molecule has 17 heavy (non-hydrogen) atoms. The van der Waals surface area contributed by atoms with Crippen molar-refractivity contribution < 1.29 is 8.42 Å². The van der Waals surface area contributed by atoms with E-state index in [4.69, 9.17) is 0 Å². The van der Waals surface area contributed by atoms with E-state index in [1.54, 1.807) is 6.92 Å². The average Bonchev–Trinajstić information content (AvgIpc) is 2.69. The lowest BCUT2D eigenvalue weighted by Gasteiger charge is -2.05. The maximum Gasteiger partial charge on any atom is 0.150 e. The standard InChI is InChI=1S/C11H21N3O2S/c1-3-17(15,16)8-4-5-12-6-7-14-10-11(2)9-13-14/h9-10,12H,3-8H2,1-2H3. The average molecular weight is 259 g/mol. The lowest BCUT2D eigenvalue weighted by atomic mass is 10.4. The van der Waals surface area contributed by atoms with E-state index in [9.17, 15) is 8.42 Å². The molecule has 0 spiro atoms. The summed E-state index contributed by atoms with van der Waals surface area (Å²) >= 11 is 0. The Morgan fingerprint density at radius 1 is 1.41 bits per heavy atom. The van der Waals surface area contributed by atoms with Gasteiger partial charge in [-0.1, -0.05) is 6.92 Å². The molecule has 0 radical (unpaired) electrons. The van der Waals surface area contributed by atoms with Crippen molar-refractivity contribution in [3.8, 4) is 0 Å². The van der Waals surface area contributed by atoms with Crippen LogP contribution in [0.3, 0.4) is 0 Å². The van der Waals surface area contributed by atoms with Crippen LogP contribution in [-0.4, -0.2) is 42.8 Å². The van der Waals surface area contributed by atoms with E-state index in [-0.39, 0.29) is 11.5 Å². The van der Waals surface area contributed by atoms with Crippen LogP contribution in [0.2, 0.25) is 0 Å². The Bertz CT molecular complexity index is 426. The highest BCUT2D eigenvalue weighted by molar-refractivity contribution is 7.91. The molecule has 1 aromatic heterocycles. The second-order valence-electron chi connectivity index (χ2n) is 4.12. The highest BCUT2D eigenvalue weighted by Crippen LogP contribution is 1.94. The molecule has 0 fully saturated rings. The Labute approximate surface area is 103 Å². The van der Waals surface area contributed by atoms with Gasteiger partial charge in [0.15, 0.2) is 0 Å². The molecule has 1 rings (SSSR count). The Balaban J connectivity index is 2.05. The first-order valence-corrected chi connectivity index (χ1v) is 7.76. The lowest BCUT2D eigenvalue weighted by molar-refractivity contribution is 0.549. The van der Waals surface area contributed by atoms with Crippen LogP contribution in [0.25, 0.3) is 0 Å². The number of nitrogens with zero attached hydrogens (tertiary/aromatic N) is 2. The molecule has 0 aliphatic carbocycles. The lowest BCUT2D eigenvalue weighted by Crippen LogP contribution is -2.23. The fourth-order valence-corrected chi connectivity index (χ4v) is 2.34. The highest BCUT2D eigenvalue weighted by Gasteiger charge is 2.05. The smallest absolute Gasteiger partial charge is 0.150 e. The fourth-order valence-electron chi connectivity index (χ4n) is 1.47. The van der Waals surface area contributed by atoms with Gasteiger partial charge in [0.2, 0.25) is 0 Å². The Kier molecular flexibility index (Phi) is 5.64. The van der Waals surface area contributed by atoms with Crippen LogP contribution in [-0.2, 0) is 16.4 Å². The van der Waals surface area contributed by atoms with Gasteiger partial charge in [-0.15, -0.1) is 0 Å². The first kappa shape index (κ1) is 14.2. The summed E-state index contributed by atoms with van der Waals surface area (Å²) in [4.78, 5) is 0. The molecule has 98 valence electrons. The Morgan fingerprint density at radius 2 is 2.18 bits per heavy atom. The van der Waals surface area contributed by atoms with Crippen molar-refractivity contribution in [2.75, 3.05) is 24.6 Å². The molecule has 1 N–H and O–H groups in total. The summed E-state index contributed by atoms with van der Waals surface area (Å²) in [5.74, 6) is 0.511. The highest BCUT2D eigenvalue weighted by atomic mass is 32.2. The maximum absolute atomic E-state index is 11.2. The number of hydrogen-bond donors (Lipinski definition) is 1. The van der Waals surface area contributed by atoms with Crippen LogP contribution in [0.4, 0.5) is 0 Å². The summed E-state index contributed by atoms with van der Waals surface area (Å²) < 4.78 is 24.3. The fraction of sp³-hybridized carbons (Fsp3) is 0.727. The Morgan fingerprint density at radius 3 is 2.76 bits per heavy atom. The molecule has 6 heteroatoms. The maximum atomic E-state index is 11.2. The number of hydrogen-bond acceptors (Lipinski definition) is 4. The van der Waals surface area contributed by atoms with E-state index >= 15 is 0 Å². The third kappa shape index (κ3) is 5.83. The van der Waals surface area contributed by atoms with E-state index in [1.165, 1.54) is 0 Å². The van der Waals surface area contributed by atoms with E-state index in [1.807, 2.05) is 24.0 Å². The molecule has 1 aromatic rings. The molecule has 5 nitrogen and oxygen atoms in total. The molecule has 0 amide bonds. The molecular formula is C11H21N3O2S. The Hall–Kier alpha value is -0.880. The van der Waals surface area contributed by atoms with Crippen molar-refractivity contribution in [3.05, 3.63) is 18.0 Å². The van der Waals surface area contributed by atoms with Gasteiger partial charge in [0, 0.05) is 18.5 Å². The van der Waals surface area contributed by atoms with Crippen LogP contribution in [0.15, 0.2) is 12.4 Å². The molecule has 0 unspecified atom stereocenters. The van der Waals surface area contributed by atoms with Crippen LogP contribution in [0, 0.1) is 6.92 Å². The normalized spacial score (nSPS) is 11.9. The third-order valence-electron chi connectivity index (χ3n) is 2.53. The molecule has 1 heterocycles. The minimum Gasteiger partial charge on any atom is -0.315 e. The zero-order valence-electron chi connectivity index (χ0n) is 10.5. The quantitative estimate of drug-likeness (QED) is 0.695. The minimum absolute atomic E-state index is 0.236. The number of aromatic nitrogens is 2. The van der Waals surface area contributed by atoms with Crippen molar-refractivity contribution in [3.63, 3.8) is 0 Å². The molecule has 0 aromatic carbocycles. The molecule has 0 bridgehead atoms. The second kappa shape index (κ2) is 6.76. The van der Waals surface area contributed by atoms with Crippen molar-refractivity contribution in [2.24, 2.45) is 0 Å². The van der Waals surface area contributed by atoms with E-state index in [2.05, 4.69) is 10.4 Å². The predicted octanol–water partition coefficient (Wildman–Crippen LogP) is 0.606. The number of rotatable bonds is 8. The minimum atomic E-state index is -2.81.